The molecule has 1 aromatic heterocycles. The number of nitrogens with one attached hydrogen (secondary N) is 4. The second-order valence-corrected chi connectivity index (χ2v) is 11.3. The predicted octanol–water partition coefficient (Wildman–Crippen LogP) is 5.13. The number of nitriles is 3. The maximum absolute atomic E-state index is 13.8. The molecular weight excluding hydrogens is 505 g/mol. The molecule has 9 nitrogen and oxygen atoms in total. The number of pyridine rings is 1. The van der Waals surface area contributed by atoms with Gasteiger partial charge in [0.15, 0.2) is 0 Å². The summed E-state index contributed by atoms with van der Waals surface area (Å²) in [5, 5.41) is 38.2. The molecule has 1 aliphatic heterocycles. The molecule has 2 aromatic carbocycles. The Morgan fingerprint density at radius 2 is 1.93 bits per heavy atom. The molecule has 0 radical (unpaired) electrons. The van der Waals surface area contributed by atoms with Crippen LogP contribution in [0.1, 0.15) is 63.3 Å². The highest BCUT2D eigenvalue weighted by Crippen LogP contribution is 2.43. The highest BCUT2D eigenvalue weighted by Gasteiger charge is 2.49. The first kappa shape index (κ1) is 25.4. The van der Waals surface area contributed by atoms with Gasteiger partial charge in [-0.25, -0.2) is 4.39 Å². The van der Waals surface area contributed by atoms with Gasteiger partial charge in [-0.15, -0.1) is 5.53 Å². The van der Waals surface area contributed by atoms with Crippen molar-refractivity contribution in [3.63, 3.8) is 0 Å². The molecule has 0 bridgehead atoms. The summed E-state index contributed by atoms with van der Waals surface area (Å²) in [5.74, 6) is 0. The molecule has 4 N–H and O–H groups in total. The van der Waals surface area contributed by atoms with Crippen LogP contribution < -0.4 is 21.6 Å². The summed E-state index contributed by atoms with van der Waals surface area (Å²) >= 11 is 0. The van der Waals surface area contributed by atoms with Crippen molar-refractivity contribution in [2.75, 3.05) is 23.9 Å². The third-order valence-electron chi connectivity index (χ3n) is 6.98. The predicted molar refractivity (Wildman–Crippen MR) is 151 cm³/mol. The zero-order chi connectivity index (χ0) is 29.4. The lowest BCUT2D eigenvalue weighted by Crippen LogP contribution is -2.46. The van der Waals surface area contributed by atoms with Crippen LogP contribution in [-0.2, 0) is 0 Å². The Kier molecular flexibility index (Phi) is 6.59. The first-order chi connectivity index (χ1) is 19.6. The number of nitrogens with zero attached hydrogens (tertiary/aromatic N) is 5. The van der Waals surface area contributed by atoms with Crippen LogP contribution in [0.2, 0.25) is 0 Å². The minimum Gasteiger partial charge on any atom is -0.383 e. The zero-order valence-corrected chi connectivity index (χ0v) is 22.6. The van der Waals surface area contributed by atoms with Crippen molar-refractivity contribution >= 4 is 22.3 Å². The van der Waals surface area contributed by atoms with E-state index < -0.39 is 18.2 Å². The average molecular weight is 537 g/mol. The molecule has 0 saturated heterocycles. The molecular formula is C30H30FN9. The Hall–Kier alpha value is -4.85. The normalized spacial score (nSPS) is 17.4. The first-order valence-electron chi connectivity index (χ1n) is 13.4. The van der Waals surface area contributed by atoms with Gasteiger partial charge in [0.25, 0.3) is 0 Å². The lowest BCUT2D eigenvalue weighted by Gasteiger charge is -2.24. The van der Waals surface area contributed by atoms with Gasteiger partial charge in [-0.05, 0) is 48.1 Å². The standard InChI is InChI=1S/C30H30FN9/c1-29(2,3)18-36-27-22(14-34)15-35-26-21(13-33)10-23(11-24(26)27)37-28(20-6-4-5-19(9-20)12-32)25-16-40(39-38-25)30(17-31)7-8-30/h4-6,9-11,15-16,28,37-39H,7-8,17-18H2,1-3H3,(H,35,36)/t28-/m1/s1/i28D. The molecule has 1 fully saturated rings. The van der Waals surface area contributed by atoms with Crippen molar-refractivity contribution in [3.8, 4) is 18.2 Å². The van der Waals surface area contributed by atoms with Gasteiger partial charge >= 0.3 is 0 Å². The number of benzene rings is 2. The minimum atomic E-state index is -1.68. The second-order valence-electron chi connectivity index (χ2n) is 11.3. The summed E-state index contributed by atoms with van der Waals surface area (Å²) in [5.41, 5.74) is 8.47. The fourth-order valence-corrected chi connectivity index (χ4v) is 4.55. The molecule has 2 heterocycles. The minimum absolute atomic E-state index is 0.0870. The van der Waals surface area contributed by atoms with Crippen LogP contribution >= 0.6 is 0 Å². The topological polar surface area (TPSA) is 136 Å². The Labute approximate surface area is 234 Å². The number of anilines is 2. The molecule has 1 saturated carbocycles. The molecule has 0 amide bonds. The molecule has 1 atom stereocenters. The Morgan fingerprint density at radius 3 is 2.58 bits per heavy atom. The Morgan fingerprint density at radius 1 is 1.15 bits per heavy atom. The molecule has 5 rings (SSSR count). The number of halogens is 1. The van der Waals surface area contributed by atoms with E-state index in [0.29, 0.717) is 64.1 Å². The summed E-state index contributed by atoms with van der Waals surface area (Å²) in [6.45, 7) is 6.24. The highest BCUT2D eigenvalue weighted by atomic mass is 19.1. The van der Waals surface area contributed by atoms with Crippen LogP contribution in [-0.4, -0.2) is 28.8 Å². The van der Waals surface area contributed by atoms with E-state index in [9.17, 15) is 21.5 Å². The summed E-state index contributed by atoms with van der Waals surface area (Å²) in [4.78, 5) is 4.41. The maximum atomic E-state index is 13.8. The van der Waals surface area contributed by atoms with E-state index in [-0.39, 0.29) is 11.0 Å². The zero-order valence-electron chi connectivity index (χ0n) is 23.6. The number of hydrazine groups is 2. The van der Waals surface area contributed by atoms with E-state index in [1.165, 1.54) is 6.20 Å². The third-order valence-corrected chi connectivity index (χ3v) is 6.98. The Bertz CT molecular complexity index is 1670. The van der Waals surface area contributed by atoms with Crippen LogP contribution in [0.4, 0.5) is 15.8 Å². The number of fused-ring (bicyclic) bond motifs is 1. The van der Waals surface area contributed by atoms with Gasteiger partial charge in [0, 0.05) is 30.0 Å². The van der Waals surface area contributed by atoms with Crippen LogP contribution in [0.25, 0.3) is 10.9 Å². The van der Waals surface area contributed by atoms with Crippen molar-refractivity contribution in [1.29, 1.82) is 15.8 Å². The van der Waals surface area contributed by atoms with Gasteiger partial charge in [0.1, 0.15) is 18.8 Å². The van der Waals surface area contributed by atoms with E-state index in [0.717, 1.165) is 0 Å². The first-order valence-corrected chi connectivity index (χ1v) is 12.9. The van der Waals surface area contributed by atoms with Crippen LogP contribution in [0.15, 0.2) is 54.5 Å². The highest BCUT2D eigenvalue weighted by molar-refractivity contribution is 5.99. The molecule has 0 spiro atoms. The third kappa shape index (κ3) is 5.20. The molecule has 40 heavy (non-hydrogen) atoms. The molecule has 202 valence electrons. The Balaban J connectivity index is 1.65. The largest absolute Gasteiger partial charge is 0.383 e. The van der Waals surface area contributed by atoms with E-state index in [1.807, 2.05) is 0 Å². The number of hydrogen-bond donors (Lipinski definition) is 4. The summed E-state index contributed by atoms with van der Waals surface area (Å²) in [6.07, 6.45) is 4.48. The maximum Gasteiger partial charge on any atom is 0.114 e. The van der Waals surface area contributed by atoms with Gasteiger partial charge in [0.05, 0.1) is 52.6 Å². The van der Waals surface area contributed by atoms with Gasteiger partial charge in [-0.1, -0.05) is 32.9 Å². The van der Waals surface area contributed by atoms with E-state index in [4.69, 9.17) is 0 Å². The van der Waals surface area contributed by atoms with Gasteiger partial charge in [-0.3, -0.25) is 9.99 Å². The smallest absolute Gasteiger partial charge is 0.114 e. The van der Waals surface area contributed by atoms with Gasteiger partial charge < -0.3 is 16.1 Å². The van der Waals surface area contributed by atoms with E-state index in [1.54, 1.807) is 47.6 Å². The number of alkyl halides is 1. The fraction of sp³-hybridized carbons (Fsp3) is 0.333. The van der Waals surface area contributed by atoms with Crippen LogP contribution in [0, 0.1) is 39.4 Å². The van der Waals surface area contributed by atoms with Crippen molar-refractivity contribution < 1.29 is 5.76 Å². The van der Waals surface area contributed by atoms with Crippen LogP contribution in [0.5, 0.6) is 0 Å². The quantitative estimate of drug-likeness (QED) is 0.309. The fourth-order valence-electron chi connectivity index (χ4n) is 4.55. The molecule has 1 aliphatic carbocycles. The lowest BCUT2D eigenvalue weighted by atomic mass is 9.96. The summed E-state index contributed by atoms with van der Waals surface area (Å²) in [7, 11) is 0. The van der Waals surface area contributed by atoms with Gasteiger partial charge in [0.2, 0.25) is 0 Å². The molecule has 3 aromatic rings. The monoisotopic (exact) mass is 536 g/mol. The second kappa shape index (κ2) is 10.4. The van der Waals surface area contributed by atoms with E-state index in [2.05, 4.69) is 65.6 Å². The number of aromatic nitrogens is 1. The van der Waals surface area contributed by atoms with Crippen molar-refractivity contribution in [2.45, 2.75) is 45.2 Å². The van der Waals surface area contributed by atoms with Crippen LogP contribution in [0.3, 0.4) is 0 Å². The van der Waals surface area contributed by atoms with Crippen molar-refractivity contribution in [3.05, 3.63) is 76.7 Å². The SMILES string of the molecule is [2H][C@](Nc1cc(C#N)c2ncc(C#N)c(NCC(C)(C)C)c2c1)(C1=CN(C2(CF)CC2)NN1)c1cccc(C#N)c1. The van der Waals surface area contributed by atoms with E-state index >= 15 is 0 Å². The summed E-state index contributed by atoms with van der Waals surface area (Å²) in [6, 6.07) is 14.9. The molecule has 0 unspecified atom stereocenters. The number of rotatable bonds is 8. The van der Waals surface area contributed by atoms with Gasteiger partial charge in [-0.2, -0.15) is 15.8 Å². The molecule has 2 aliphatic rings. The summed E-state index contributed by atoms with van der Waals surface area (Å²) < 4.78 is 23.5. The lowest BCUT2D eigenvalue weighted by molar-refractivity contribution is 0.146. The average Bonchev–Trinajstić information content (AvgIpc) is 3.60. The molecule has 10 heteroatoms. The van der Waals surface area contributed by atoms with Crippen molar-refractivity contribution in [1.82, 2.24) is 21.0 Å². The van der Waals surface area contributed by atoms with Crippen molar-refractivity contribution in [2.24, 2.45) is 5.41 Å². The number of hydrogen-bond acceptors (Lipinski definition) is 9.